The minimum absolute atomic E-state index is 0.185. The van der Waals surface area contributed by atoms with Crippen LogP contribution >= 0.6 is 0 Å². The molecule has 1 aromatic carbocycles. The zero-order valence-electron chi connectivity index (χ0n) is 9.07. The lowest BCUT2D eigenvalue weighted by molar-refractivity contribution is -0.0726. The topological polar surface area (TPSA) is 29.3 Å². The van der Waals surface area contributed by atoms with Gasteiger partial charge in [-0.1, -0.05) is 30.3 Å². The summed E-state index contributed by atoms with van der Waals surface area (Å²) in [4.78, 5) is 1.73. The van der Waals surface area contributed by atoms with Crippen LogP contribution in [0, 0.1) is 0 Å². The van der Waals surface area contributed by atoms with E-state index in [0.29, 0.717) is 13.1 Å². The van der Waals surface area contributed by atoms with Crippen molar-refractivity contribution in [1.29, 1.82) is 0 Å². The highest BCUT2D eigenvalue weighted by Gasteiger charge is 2.38. The first-order chi connectivity index (χ1) is 7.55. The molecule has 0 amide bonds. The summed E-state index contributed by atoms with van der Waals surface area (Å²) in [7, 11) is 0. The zero-order chi connectivity index (χ0) is 11.6. The lowest BCUT2D eigenvalue weighted by Crippen LogP contribution is -2.51. The molecule has 0 aromatic heterocycles. The number of nitrogens with zero attached hydrogens (tertiary/aromatic N) is 1. The monoisotopic (exact) mass is 226 g/mol. The second-order valence-corrected chi connectivity index (χ2v) is 4.48. The van der Waals surface area contributed by atoms with E-state index >= 15 is 0 Å². The third kappa shape index (κ3) is 3.00. The van der Waals surface area contributed by atoms with E-state index in [1.165, 1.54) is 0 Å². The Morgan fingerprint density at radius 2 is 2.00 bits per heavy atom. The van der Waals surface area contributed by atoms with Crippen LogP contribution in [-0.4, -0.2) is 30.0 Å². The average Bonchev–Trinajstić information content (AvgIpc) is 2.15. The highest BCUT2D eigenvalue weighted by molar-refractivity contribution is 5.14. The fourth-order valence-electron chi connectivity index (χ4n) is 2.20. The van der Waals surface area contributed by atoms with Crippen molar-refractivity contribution in [2.75, 3.05) is 13.1 Å². The third-order valence-electron chi connectivity index (χ3n) is 2.76. The fraction of sp³-hybridized carbons (Fsp3) is 0.500. The summed E-state index contributed by atoms with van der Waals surface area (Å²) >= 11 is 0. The molecule has 1 heterocycles. The Morgan fingerprint density at radius 3 is 2.62 bits per heavy atom. The highest BCUT2D eigenvalue weighted by Crippen LogP contribution is 2.26. The normalized spacial score (nSPS) is 25.6. The Balaban J connectivity index is 2.00. The van der Waals surface area contributed by atoms with Gasteiger partial charge in [-0.25, -0.2) is 8.78 Å². The van der Waals surface area contributed by atoms with Crippen molar-refractivity contribution in [3.63, 3.8) is 0 Å². The lowest BCUT2D eigenvalue weighted by Gasteiger charge is -2.36. The van der Waals surface area contributed by atoms with E-state index in [2.05, 4.69) is 0 Å². The number of rotatable bonds is 2. The van der Waals surface area contributed by atoms with Crippen molar-refractivity contribution >= 4 is 0 Å². The smallest absolute Gasteiger partial charge is 0.262 e. The summed E-state index contributed by atoms with van der Waals surface area (Å²) in [6.07, 6.45) is -0.196. The van der Waals surface area contributed by atoms with Gasteiger partial charge in [-0.2, -0.15) is 0 Å². The van der Waals surface area contributed by atoms with Crippen LogP contribution in [0.3, 0.4) is 0 Å². The molecule has 0 saturated carbocycles. The van der Waals surface area contributed by atoms with E-state index in [9.17, 15) is 8.78 Å². The molecule has 1 atom stereocenters. The molecule has 0 unspecified atom stereocenters. The highest BCUT2D eigenvalue weighted by atomic mass is 19.3. The number of hydrogen-bond donors (Lipinski definition) is 1. The molecule has 0 aliphatic carbocycles. The molecule has 1 fully saturated rings. The summed E-state index contributed by atoms with van der Waals surface area (Å²) in [6, 6.07) is 9.21. The number of benzene rings is 1. The van der Waals surface area contributed by atoms with Crippen LogP contribution in [0.15, 0.2) is 30.3 Å². The van der Waals surface area contributed by atoms with Gasteiger partial charge in [0.05, 0.1) is 6.54 Å². The molecule has 2 nitrogen and oxygen atoms in total. The number of likely N-dealkylation sites (tertiary alicyclic amines) is 1. The second-order valence-electron chi connectivity index (χ2n) is 4.48. The Hall–Kier alpha value is -1.00. The van der Waals surface area contributed by atoms with Crippen LogP contribution in [0.5, 0.6) is 0 Å². The van der Waals surface area contributed by atoms with Gasteiger partial charge < -0.3 is 5.73 Å². The van der Waals surface area contributed by atoms with Gasteiger partial charge in [0, 0.05) is 25.6 Å². The number of alkyl halides is 2. The van der Waals surface area contributed by atoms with Gasteiger partial charge in [0.2, 0.25) is 0 Å². The van der Waals surface area contributed by atoms with Crippen molar-refractivity contribution < 1.29 is 8.78 Å². The summed E-state index contributed by atoms with van der Waals surface area (Å²) in [6.45, 7) is 0.907. The maximum absolute atomic E-state index is 13.3. The van der Waals surface area contributed by atoms with Crippen molar-refractivity contribution in [2.45, 2.75) is 24.9 Å². The van der Waals surface area contributed by atoms with E-state index in [4.69, 9.17) is 5.73 Å². The second kappa shape index (κ2) is 4.47. The van der Waals surface area contributed by atoms with Crippen LogP contribution in [0.4, 0.5) is 8.78 Å². The number of piperidine rings is 1. The van der Waals surface area contributed by atoms with Crippen LogP contribution in [0.25, 0.3) is 0 Å². The SMILES string of the molecule is N[C@H]1CN(Cc2ccccc2)CC(F)(F)C1. The Labute approximate surface area is 94.0 Å². The maximum atomic E-state index is 13.3. The predicted molar refractivity (Wildman–Crippen MR) is 59.3 cm³/mol. The molecule has 2 rings (SSSR count). The summed E-state index contributed by atoms with van der Waals surface area (Å²) in [5, 5.41) is 0. The zero-order valence-corrected chi connectivity index (χ0v) is 9.07. The molecule has 0 spiro atoms. The molecular formula is C12H16F2N2. The van der Waals surface area contributed by atoms with E-state index in [1.54, 1.807) is 4.90 Å². The molecule has 0 bridgehead atoms. The van der Waals surface area contributed by atoms with Gasteiger partial charge in [-0.15, -0.1) is 0 Å². The third-order valence-corrected chi connectivity index (χ3v) is 2.76. The number of hydrogen-bond acceptors (Lipinski definition) is 2. The van der Waals surface area contributed by atoms with Crippen LogP contribution in [0.2, 0.25) is 0 Å². The lowest BCUT2D eigenvalue weighted by atomic mass is 10.0. The quantitative estimate of drug-likeness (QED) is 0.834. The first-order valence-corrected chi connectivity index (χ1v) is 5.45. The summed E-state index contributed by atoms with van der Waals surface area (Å²) in [5.41, 5.74) is 6.68. The summed E-state index contributed by atoms with van der Waals surface area (Å²) < 4.78 is 26.6. The number of nitrogens with two attached hydrogens (primary N) is 1. The molecular weight excluding hydrogens is 210 g/mol. The molecule has 1 aromatic rings. The number of halogens is 2. The van der Waals surface area contributed by atoms with E-state index in [1.807, 2.05) is 30.3 Å². The molecule has 1 aliphatic rings. The van der Waals surface area contributed by atoms with Gasteiger partial charge in [-0.05, 0) is 5.56 Å². The Bertz CT molecular complexity index is 340. The van der Waals surface area contributed by atoms with Crippen molar-refractivity contribution in [3.8, 4) is 0 Å². The minimum Gasteiger partial charge on any atom is -0.326 e. The van der Waals surface area contributed by atoms with Gasteiger partial charge in [0.1, 0.15) is 0 Å². The molecule has 88 valence electrons. The molecule has 0 radical (unpaired) electrons. The van der Waals surface area contributed by atoms with Crippen LogP contribution in [-0.2, 0) is 6.54 Å². The molecule has 1 saturated heterocycles. The van der Waals surface area contributed by atoms with Crippen LogP contribution < -0.4 is 5.73 Å². The Morgan fingerprint density at radius 1 is 1.31 bits per heavy atom. The van der Waals surface area contributed by atoms with E-state index < -0.39 is 12.0 Å². The van der Waals surface area contributed by atoms with Crippen LogP contribution in [0.1, 0.15) is 12.0 Å². The first kappa shape index (κ1) is 11.5. The van der Waals surface area contributed by atoms with Crippen molar-refractivity contribution in [2.24, 2.45) is 5.73 Å². The average molecular weight is 226 g/mol. The fourth-order valence-corrected chi connectivity index (χ4v) is 2.20. The van der Waals surface area contributed by atoms with Crippen molar-refractivity contribution in [3.05, 3.63) is 35.9 Å². The molecule has 2 N–H and O–H groups in total. The Kier molecular flexibility index (Phi) is 3.21. The van der Waals surface area contributed by atoms with Gasteiger partial charge in [0.15, 0.2) is 0 Å². The van der Waals surface area contributed by atoms with Gasteiger partial charge in [-0.3, -0.25) is 4.90 Å². The predicted octanol–water partition coefficient (Wildman–Crippen LogP) is 1.85. The minimum atomic E-state index is -2.65. The molecule has 1 aliphatic heterocycles. The standard InChI is InChI=1S/C12H16F2N2/c13-12(14)6-11(15)8-16(9-12)7-10-4-2-1-3-5-10/h1-5,11H,6-9,15H2/t11-/m1/s1. The summed E-state index contributed by atoms with van der Waals surface area (Å²) in [5.74, 6) is -2.65. The van der Waals surface area contributed by atoms with E-state index in [0.717, 1.165) is 5.56 Å². The molecule has 16 heavy (non-hydrogen) atoms. The first-order valence-electron chi connectivity index (χ1n) is 5.45. The maximum Gasteiger partial charge on any atom is 0.262 e. The molecule has 4 heteroatoms. The van der Waals surface area contributed by atoms with Crippen molar-refractivity contribution in [1.82, 2.24) is 4.90 Å². The van der Waals surface area contributed by atoms with E-state index in [-0.39, 0.29) is 13.0 Å². The van der Waals surface area contributed by atoms with Gasteiger partial charge in [0.25, 0.3) is 5.92 Å². The van der Waals surface area contributed by atoms with Gasteiger partial charge >= 0.3 is 0 Å². The largest absolute Gasteiger partial charge is 0.326 e.